The second-order valence-electron chi connectivity index (χ2n) is 3.42. The monoisotopic (exact) mass is 218 g/mol. The van der Waals surface area contributed by atoms with Crippen molar-refractivity contribution in [2.45, 2.75) is 32.4 Å². The van der Waals surface area contributed by atoms with Crippen LogP contribution in [-0.2, 0) is 15.7 Å². The van der Waals surface area contributed by atoms with E-state index in [1.165, 1.54) is 0 Å². The highest BCUT2D eigenvalue weighted by Gasteiger charge is 2.43. The molecule has 1 rings (SSSR count). The van der Waals surface area contributed by atoms with Crippen molar-refractivity contribution in [2.24, 2.45) is 5.10 Å². The largest absolute Gasteiger partial charge is 0.448 e. The predicted molar refractivity (Wildman–Crippen MR) is 54.2 cm³/mol. The quantitative estimate of drug-likeness (QED) is 0.666. The second-order valence-corrected chi connectivity index (χ2v) is 5.28. The van der Waals surface area contributed by atoms with Crippen molar-refractivity contribution in [2.75, 3.05) is 6.61 Å². The van der Waals surface area contributed by atoms with Crippen LogP contribution in [0.15, 0.2) is 5.10 Å². The van der Waals surface area contributed by atoms with Gasteiger partial charge in [0, 0.05) is 0 Å². The van der Waals surface area contributed by atoms with E-state index in [0.29, 0.717) is 5.71 Å². The van der Waals surface area contributed by atoms with Crippen LogP contribution in [0, 0.1) is 0 Å². The van der Waals surface area contributed by atoms with E-state index in [1.807, 2.05) is 0 Å². The minimum absolute atomic E-state index is 0.252. The third kappa shape index (κ3) is 1.66. The van der Waals surface area contributed by atoms with Gasteiger partial charge in [-0.05, 0) is 27.7 Å². The van der Waals surface area contributed by atoms with Crippen LogP contribution in [0.2, 0.25) is 0 Å². The average molecular weight is 218 g/mol. The lowest BCUT2D eigenvalue weighted by Crippen LogP contribution is -2.36. The van der Waals surface area contributed by atoms with Gasteiger partial charge in [-0.25, -0.2) is 9.00 Å². The Hall–Kier alpha value is -0.910. The molecule has 5 nitrogen and oxygen atoms in total. The van der Waals surface area contributed by atoms with Gasteiger partial charge in [-0.3, -0.25) is 0 Å². The maximum Gasteiger partial charge on any atom is 0.443 e. The van der Waals surface area contributed by atoms with Gasteiger partial charge in [0.15, 0.2) is 11.0 Å². The van der Waals surface area contributed by atoms with Crippen molar-refractivity contribution in [3.05, 3.63) is 0 Å². The lowest BCUT2D eigenvalue weighted by atomic mass is 10.1. The lowest BCUT2D eigenvalue weighted by molar-refractivity contribution is 0.133. The third-order valence-corrected chi connectivity index (χ3v) is 3.84. The number of hydrazone groups is 1. The first-order chi connectivity index (χ1) is 6.41. The van der Waals surface area contributed by atoms with E-state index < -0.39 is 21.8 Å². The van der Waals surface area contributed by atoms with Crippen LogP contribution in [0.4, 0.5) is 4.79 Å². The molecule has 1 unspecified atom stereocenters. The molecule has 0 N–H and O–H groups in total. The van der Waals surface area contributed by atoms with Crippen LogP contribution < -0.4 is 0 Å². The van der Waals surface area contributed by atoms with Crippen molar-refractivity contribution >= 4 is 22.8 Å². The summed E-state index contributed by atoms with van der Waals surface area (Å²) in [4.78, 5) is 11.3. The fraction of sp³-hybridized carbons (Fsp3) is 0.750. The summed E-state index contributed by atoms with van der Waals surface area (Å²) in [6.07, 6.45) is -0.657. The Bertz CT molecular complexity index is 312. The van der Waals surface area contributed by atoms with E-state index in [1.54, 1.807) is 27.7 Å². The van der Waals surface area contributed by atoms with E-state index in [4.69, 9.17) is 4.74 Å². The molecule has 0 aromatic rings. The Balaban J connectivity index is 2.87. The van der Waals surface area contributed by atoms with E-state index in [-0.39, 0.29) is 6.61 Å². The molecule has 1 heterocycles. The number of rotatable bonds is 1. The molecule has 0 spiro atoms. The first-order valence-corrected chi connectivity index (χ1v) is 5.46. The molecule has 0 radical (unpaired) electrons. The van der Waals surface area contributed by atoms with Crippen LogP contribution in [0.1, 0.15) is 27.7 Å². The molecule has 0 bridgehead atoms. The van der Waals surface area contributed by atoms with Gasteiger partial charge in [0.25, 0.3) is 0 Å². The molecule has 0 saturated carbocycles. The van der Waals surface area contributed by atoms with Gasteiger partial charge < -0.3 is 4.74 Å². The predicted octanol–water partition coefficient (Wildman–Crippen LogP) is 1.28. The minimum atomic E-state index is -1.48. The summed E-state index contributed by atoms with van der Waals surface area (Å²) in [7, 11) is -1.48. The fourth-order valence-corrected chi connectivity index (χ4v) is 2.03. The van der Waals surface area contributed by atoms with Crippen molar-refractivity contribution < 1.29 is 13.7 Å². The zero-order valence-corrected chi connectivity index (χ0v) is 9.55. The molecule has 1 aliphatic heterocycles. The summed E-state index contributed by atoms with van der Waals surface area (Å²) in [5.74, 6) is 0. The van der Waals surface area contributed by atoms with Gasteiger partial charge in [0.2, 0.25) is 0 Å². The normalized spacial score (nSPS) is 24.7. The SMILES string of the molecule is CCOC(=O)N1N=C(C)C(C)(C)S1=O. The Morgan fingerprint density at radius 2 is 2.21 bits per heavy atom. The molecule has 0 fully saturated rings. The third-order valence-electron chi connectivity index (χ3n) is 2.13. The molecular formula is C8H14N2O3S. The Labute approximate surface area is 85.7 Å². The van der Waals surface area contributed by atoms with Gasteiger partial charge in [0.1, 0.15) is 4.75 Å². The Morgan fingerprint density at radius 3 is 2.57 bits per heavy atom. The van der Waals surface area contributed by atoms with E-state index >= 15 is 0 Å². The van der Waals surface area contributed by atoms with E-state index in [2.05, 4.69) is 5.10 Å². The summed E-state index contributed by atoms with van der Waals surface area (Å²) in [6.45, 7) is 7.25. The highest BCUT2D eigenvalue weighted by molar-refractivity contribution is 7.85. The van der Waals surface area contributed by atoms with Crippen LogP contribution in [-0.4, -0.2) is 31.8 Å². The topological polar surface area (TPSA) is 59.0 Å². The number of ether oxygens (including phenoxy) is 1. The smallest absolute Gasteiger partial charge is 0.443 e. The number of amides is 1. The number of carbonyl (C=O) groups is 1. The fourth-order valence-electron chi connectivity index (χ4n) is 0.923. The molecule has 6 heteroatoms. The first kappa shape index (κ1) is 11.2. The molecule has 1 aliphatic rings. The molecule has 1 atom stereocenters. The number of hydrogen-bond donors (Lipinski definition) is 0. The van der Waals surface area contributed by atoms with Gasteiger partial charge in [-0.15, -0.1) is 4.41 Å². The summed E-state index contributed by atoms with van der Waals surface area (Å²) in [5.41, 5.74) is 0.670. The number of carbonyl (C=O) groups excluding carboxylic acids is 1. The van der Waals surface area contributed by atoms with Crippen molar-refractivity contribution in [1.29, 1.82) is 0 Å². The molecule has 1 amide bonds. The second kappa shape index (κ2) is 3.68. The van der Waals surface area contributed by atoms with Gasteiger partial charge in [0.05, 0.1) is 12.3 Å². The van der Waals surface area contributed by atoms with E-state index in [0.717, 1.165) is 4.41 Å². The highest BCUT2D eigenvalue weighted by atomic mass is 32.2. The average Bonchev–Trinajstić information content (AvgIpc) is 2.30. The molecule has 80 valence electrons. The van der Waals surface area contributed by atoms with Gasteiger partial charge in [-0.2, -0.15) is 5.10 Å². The summed E-state index contributed by atoms with van der Waals surface area (Å²) < 4.78 is 16.8. The molecule has 0 saturated heterocycles. The van der Waals surface area contributed by atoms with Crippen LogP contribution in [0.5, 0.6) is 0 Å². The van der Waals surface area contributed by atoms with Crippen LogP contribution in [0.3, 0.4) is 0 Å². The maximum absolute atomic E-state index is 11.8. The molecule has 0 aliphatic carbocycles. The zero-order chi connectivity index (χ0) is 10.9. The van der Waals surface area contributed by atoms with Crippen molar-refractivity contribution in [3.63, 3.8) is 0 Å². The van der Waals surface area contributed by atoms with Crippen LogP contribution in [0.25, 0.3) is 0 Å². The zero-order valence-electron chi connectivity index (χ0n) is 8.73. The van der Waals surface area contributed by atoms with Gasteiger partial charge in [-0.1, -0.05) is 0 Å². The molecule has 14 heavy (non-hydrogen) atoms. The molecular weight excluding hydrogens is 204 g/mol. The number of nitrogens with zero attached hydrogens (tertiary/aromatic N) is 2. The van der Waals surface area contributed by atoms with Crippen LogP contribution >= 0.6 is 0 Å². The molecule has 0 aromatic heterocycles. The summed E-state index contributed by atoms with van der Waals surface area (Å²) in [6, 6.07) is 0. The van der Waals surface area contributed by atoms with Crippen molar-refractivity contribution in [1.82, 2.24) is 4.41 Å². The maximum atomic E-state index is 11.8. The Morgan fingerprint density at radius 1 is 1.64 bits per heavy atom. The van der Waals surface area contributed by atoms with E-state index in [9.17, 15) is 9.00 Å². The van der Waals surface area contributed by atoms with Gasteiger partial charge >= 0.3 is 6.09 Å². The first-order valence-electron chi connectivity index (χ1n) is 4.35. The highest BCUT2D eigenvalue weighted by Crippen LogP contribution is 2.26. The minimum Gasteiger partial charge on any atom is -0.448 e. The molecule has 0 aromatic carbocycles. The Kier molecular flexibility index (Phi) is 2.94. The lowest BCUT2D eigenvalue weighted by Gasteiger charge is -2.17. The van der Waals surface area contributed by atoms with Crippen molar-refractivity contribution in [3.8, 4) is 0 Å². The number of hydrogen-bond acceptors (Lipinski definition) is 4. The summed E-state index contributed by atoms with van der Waals surface area (Å²) in [5, 5.41) is 3.92. The standard InChI is InChI=1S/C8H14N2O3S/c1-5-13-7(11)10-9-6(2)8(3,4)14(10)12/h5H2,1-4H3. The summed E-state index contributed by atoms with van der Waals surface area (Å²) >= 11 is 0.